The molecule has 0 aromatic heterocycles. The monoisotopic (exact) mass is 565 g/mol. The maximum Gasteiger partial charge on any atom is 0.320 e. The Kier molecular flexibility index (Phi) is 7.37. The molecule has 5 amide bonds. The zero-order valence-electron chi connectivity index (χ0n) is 22.5. The number of carbonyl (C=O) groups is 4. The molecule has 3 aliphatic rings. The number of hydrogen-bond donors (Lipinski definition) is 2. The second-order valence-electron chi connectivity index (χ2n) is 9.95. The van der Waals surface area contributed by atoms with E-state index in [1.165, 1.54) is 9.80 Å². The summed E-state index contributed by atoms with van der Waals surface area (Å²) in [7, 11) is 0. The van der Waals surface area contributed by atoms with Gasteiger partial charge in [0.25, 0.3) is 11.8 Å². The first kappa shape index (κ1) is 26.7. The third kappa shape index (κ3) is 5.31. The molecule has 3 aromatic rings. The minimum absolute atomic E-state index is 0.225. The lowest BCUT2D eigenvalue weighted by atomic mass is 10.1. The van der Waals surface area contributed by atoms with Crippen molar-refractivity contribution in [3.05, 3.63) is 84.4 Å². The van der Waals surface area contributed by atoms with Crippen LogP contribution in [0.25, 0.3) is 0 Å². The van der Waals surface area contributed by atoms with Crippen molar-refractivity contribution in [2.24, 2.45) is 20.7 Å². The lowest BCUT2D eigenvalue weighted by Crippen LogP contribution is -2.56. The average molecular weight is 566 g/mol. The fourth-order valence-electron chi connectivity index (χ4n) is 5.22. The van der Waals surface area contributed by atoms with Crippen molar-refractivity contribution in [2.75, 3.05) is 34.8 Å². The standard InChI is InChI=1S/C29H27N9O4/c39-24(36-15-6-7-16-36)18-37-22-13-4-5-14-23(22)38(21-11-2-1-3-12-21)28(41)25(27(37)40)31-29(42)30-20-10-8-9-19(17-20)26-32-34-35-33-26/h1-5,8-14,17,25-26H,6-7,15-16,18H2,(H2,30,31,42). The van der Waals surface area contributed by atoms with Crippen LogP contribution in [0.3, 0.4) is 0 Å². The Balaban J connectivity index is 1.32. The van der Waals surface area contributed by atoms with Gasteiger partial charge < -0.3 is 15.5 Å². The molecule has 2 N–H and O–H groups in total. The van der Waals surface area contributed by atoms with Crippen LogP contribution in [0.1, 0.15) is 24.6 Å². The van der Waals surface area contributed by atoms with Crippen LogP contribution in [0.2, 0.25) is 0 Å². The minimum Gasteiger partial charge on any atom is -0.341 e. The molecule has 0 aliphatic carbocycles. The van der Waals surface area contributed by atoms with E-state index in [-0.39, 0.29) is 12.5 Å². The third-order valence-corrected chi connectivity index (χ3v) is 7.24. The highest BCUT2D eigenvalue weighted by atomic mass is 16.2. The van der Waals surface area contributed by atoms with E-state index in [1.807, 2.05) is 6.07 Å². The molecule has 1 fully saturated rings. The number of hydrogen-bond acceptors (Lipinski definition) is 8. The minimum atomic E-state index is -1.62. The quantitative estimate of drug-likeness (QED) is 0.427. The molecule has 0 radical (unpaired) electrons. The zero-order chi connectivity index (χ0) is 29.1. The van der Waals surface area contributed by atoms with Gasteiger partial charge in [0, 0.05) is 30.0 Å². The van der Waals surface area contributed by atoms with Gasteiger partial charge in [0.15, 0.2) is 6.04 Å². The number of carbonyl (C=O) groups excluding carboxylic acids is 4. The van der Waals surface area contributed by atoms with Gasteiger partial charge in [-0.05, 0) is 59.7 Å². The van der Waals surface area contributed by atoms with Crippen molar-refractivity contribution in [2.45, 2.75) is 25.0 Å². The lowest BCUT2D eigenvalue weighted by molar-refractivity contribution is -0.132. The number of fused-ring (bicyclic) bond motifs is 1. The van der Waals surface area contributed by atoms with Crippen molar-refractivity contribution in [3.8, 4) is 0 Å². The first-order valence-corrected chi connectivity index (χ1v) is 13.5. The Morgan fingerprint density at radius 1 is 0.810 bits per heavy atom. The van der Waals surface area contributed by atoms with E-state index in [0.717, 1.165) is 12.8 Å². The van der Waals surface area contributed by atoms with E-state index < -0.39 is 30.1 Å². The van der Waals surface area contributed by atoms with Gasteiger partial charge in [0.1, 0.15) is 6.54 Å². The molecule has 3 heterocycles. The second-order valence-corrected chi connectivity index (χ2v) is 9.95. The maximum absolute atomic E-state index is 14.1. The van der Waals surface area contributed by atoms with Crippen LogP contribution >= 0.6 is 0 Å². The van der Waals surface area contributed by atoms with Crippen molar-refractivity contribution < 1.29 is 19.2 Å². The zero-order valence-corrected chi connectivity index (χ0v) is 22.5. The summed E-state index contributed by atoms with van der Waals surface area (Å²) in [6, 6.07) is 20.1. The van der Waals surface area contributed by atoms with Gasteiger partial charge >= 0.3 is 6.03 Å². The highest BCUT2D eigenvalue weighted by Crippen LogP contribution is 2.38. The third-order valence-electron chi connectivity index (χ3n) is 7.24. The Hall–Kier alpha value is -5.46. The lowest BCUT2D eigenvalue weighted by Gasteiger charge is -2.26. The number of urea groups is 1. The van der Waals surface area contributed by atoms with Crippen LogP contribution in [0.4, 0.5) is 27.5 Å². The van der Waals surface area contributed by atoms with Crippen LogP contribution in [0.15, 0.2) is 99.5 Å². The molecule has 0 saturated carbocycles. The fraction of sp³-hybridized carbons (Fsp3) is 0.241. The van der Waals surface area contributed by atoms with E-state index in [4.69, 9.17) is 0 Å². The molecule has 1 saturated heterocycles. The predicted molar refractivity (Wildman–Crippen MR) is 153 cm³/mol. The Morgan fingerprint density at radius 3 is 2.24 bits per heavy atom. The number of amides is 5. The molecule has 1 atom stereocenters. The van der Waals surface area contributed by atoms with Crippen LogP contribution in [0.5, 0.6) is 0 Å². The van der Waals surface area contributed by atoms with Crippen molar-refractivity contribution in [3.63, 3.8) is 0 Å². The summed E-state index contributed by atoms with van der Waals surface area (Å²) in [6.45, 7) is 0.965. The normalized spacial score (nSPS) is 18.3. The van der Waals surface area contributed by atoms with Gasteiger partial charge in [0.05, 0.1) is 11.4 Å². The highest BCUT2D eigenvalue weighted by Gasteiger charge is 2.43. The van der Waals surface area contributed by atoms with Gasteiger partial charge in [-0.25, -0.2) is 4.79 Å². The molecule has 1 unspecified atom stereocenters. The van der Waals surface area contributed by atoms with E-state index in [9.17, 15) is 19.2 Å². The van der Waals surface area contributed by atoms with Crippen molar-refractivity contribution >= 4 is 46.5 Å². The molecule has 13 heteroatoms. The summed E-state index contributed by atoms with van der Waals surface area (Å²) in [5.74, 6) is -1.60. The number of likely N-dealkylation sites (tertiary alicyclic amines) is 1. The van der Waals surface area contributed by atoms with Gasteiger partial charge in [0.2, 0.25) is 12.1 Å². The molecular formula is C29H27N9O4. The van der Waals surface area contributed by atoms with E-state index in [0.29, 0.717) is 41.4 Å². The van der Waals surface area contributed by atoms with Crippen LogP contribution in [-0.2, 0) is 14.4 Å². The van der Waals surface area contributed by atoms with E-state index in [2.05, 4.69) is 31.3 Å². The number of para-hydroxylation sites is 3. The number of nitrogens with one attached hydrogen (secondary N) is 2. The largest absolute Gasteiger partial charge is 0.341 e. The first-order chi connectivity index (χ1) is 20.5. The van der Waals surface area contributed by atoms with Gasteiger partial charge in [-0.15, -0.1) is 10.2 Å². The van der Waals surface area contributed by atoms with Crippen molar-refractivity contribution in [1.82, 2.24) is 10.2 Å². The van der Waals surface area contributed by atoms with Crippen LogP contribution in [-0.4, -0.2) is 54.3 Å². The Morgan fingerprint density at radius 2 is 1.50 bits per heavy atom. The Labute approximate surface area is 240 Å². The van der Waals surface area contributed by atoms with Crippen LogP contribution in [0, 0.1) is 0 Å². The SMILES string of the molecule is O=C(Nc1cccc(C2N=NN=N2)c1)NC1C(=O)N(CC(=O)N2CCCC2)c2ccccc2N(c2ccccc2)C1=O. The van der Waals surface area contributed by atoms with Crippen LogP contribution < -0.4 is 20.4 Å². The number of rotatable bonds is 6. The first-order valence-electron chi connectivity index (χ1n) is 13.5. The Bertz CT molecular complexity index is 1570. The molecule has 3 aliphatic heterocycles. The summed E-state index contributed by atoms with van der Waals surface area (Å²) in [4.78, 5) is 59.1. The van der Waals surface area contributed by atoms with Gasteiger partial charge in [-0.3, -0.25) is 24.2 Å². The smallest absolute Gasteiger partial charge is 0.320 e. The second kappa shape index (κ2) is 11.6. The van der Waals surface area contributed by atoms with E-state index in [1.54, 1.807) is 77.7 Å². The molecule has 0 bridgehead atoms. The van der Waals surface area contributed by atoms with Gasteiger partial charge in [-0.2, -0.15) is 0 Å². The summed E-state index contributed by atoms with van der Waals surface area (Å²) in [5.41, 5.74) is 2.37. The summed E-state index contributed by atoms with van der Waals surface area (Å²) in [5, 5.41) is 20.1. The summed E-state index contributed by atoms with van der Waals surface area (Å²) < 4.78 is 0. The summed E-state index contributed by atoms with van der Waals surface area (Å²) >= 11 is 0. The fourth-order valence-corrected chi connectivity index (χ4v) is 5.22. The molecule has 6 rings (SSSR count). The maximum atomic E-state index is 14.1. The highest BCUT2D eigenvalue weighted by molar-refractivity contribution is 6.24. The molecule has 13 nitrogen and oxygen atoms in total. The average Bonchev–Trinajstić information content (AvgIpc) is 3.74. The molecule has 0 spiro atoms. The molecular weight excluding hydrogens is 538 g/mol. The molecule has 212 valence electrons. The molecule has 3 aromatic carbocycles. The predicted octanol–water partition coefficient (Wildman–Crippen LogP) is 4.34. The van der Waals surface area contributed by atoms with E-state index >= 15 is 0 Å². The molecule has 42 heavy (non-hydrogen) atoms. The topological polar surface area (TPSA) is 152 Å². The summed E-state index contributed by atoms with van der Waals surface area (Å²) in [6.07, 6.45) is 1.18. The van der Waals surface area contributed by atoms with Gasteiger partial charge in [-0.1, -0.05) is 42.5 Å². The van der Waals surface area contributed by atoms with Crippen molar-refractivity contribution in [1.29, 1.82) is 0 Å². The number of benzene rings is 3. The number of nitrogens with zero attached hydrogens (tertiary/aromatic N) is 7. The number of anilines is 4.